The topological polar surface area (TPSA) is 71.7 Å². The third-order valence-corrected chi connectivity index (χ3v) is 3.83. The minimum absolute atomic E-state index is 0.165. The predicted molar refractivity (Wildman–Crippen MR) is 91.2 cm³/mol. The fourth-order valence-electron chi connectivity index (χ4n) is 2.54. The number of fused-ring (bicyclic) bond motifs is 1. The molecule has 0 radical (unpaired) electrons. The number of amides is 1. The van der Waals surface area contributed by atoms with Gasteiger partial charge in [0.1, 0.15) is 23.2 Å². The lowest BCUT2D eigenvalue weighted by atomic mass is 10.1. The van der Waals surface area contributed by atoms with E-state index in [4.69, 9.17) is 4.42 Å². The first-order chi connectivity index (χ1) is 12.8. The van der Waals surface area contributed by atoms with Crippen molar-refractivity contribution in [3.8, 4) is 5.75 Å². The highest BCUT2D eigenvalue weighted by Gasteiger charge is 2.31. The maximum atomic E-state index is 12.1. The van der Waals surface area contributed by atoms with Crippen LogP contribution in [0.4, 0.5) is 13.2 Å². The van der Waals surface area contributed by atoms with E-state index in [1.54, 1.807) is 12.1 Å². The van der Waals surface area contributed by atoms with E-state index in [0.29, 0.717) is 11.3 Å². The molecule has 0 bridgehead atoms. The summed E-state index contributed by atoms with van der Waals surface area (Å²) in [5.41, 5.74) is 0.847. The van der Waals surface area contributed by atoms with Crippen LogP contribution in [0.3, 0.4) is 0 Å². The minimum atomic E-state index is -4.78. The standard InChI is InChI=1S/C19H16F3NO4/c20-19(21,22)27-14-7-5-12(6-8-14)18(25)23-10-9-15(24)17-11-13-3-1-2-4-16(13)26-17/h1-8,11,15,24H,9-10H2,(H,23,25)/t15-/m1/s1. The van der Waals surface area contributed by atoms with Crippen molar-refractivity contribution in [2.45, 2.75) is 18.9 Å². The number of carbonyl (C=O) groups excluding carboxylic acids is 1. The highest BCUT2D eigenvalue weighted by molar-refractivity contribution is 5.94. The van der Waals surface area contributed by atoms with Gasteiger partial charge in [-0.3, -0.25) is 4.79 Å². The van der Waals surface area contributed by atoms with E-state index >= 15 is 0 Å². The van der Waals surface area contributed by atoms with Crippen molar-refractivity contribution in [2.24, 2.45) is 0 Å². The Balaban J connectivity index is 1.51. The number of aliphatic hydroxyl groups excluding tert-OH is 1. The molecule has 8 heteroatoms. The number of aliphatic hydroxyl groups is 1. The van der Waals surface area contributed by atoms with Crippen LogP contribution in [-0.4, -0.2) is 23.9 Å². The van der Waals surface area contributed by atoms with Crippen molar-refractivity contribution in [3.05, 3.63) is 65.9 Å². The monoisotopic (exact) mass is 379 g/mol. The van der Waals surface area contributed by atoms with Gasteiger partial charge in [-0.05, 0) is 42.8 Å². The molecule has 0 spiro atoms. The first-order valence-corrected chi connectivity index (χ1v) is 8.12. The Morgan fingerprint density at radius 3 is 2.52 bits per heavy atom. The van der Waals surface area contributed by atoms with Crippen molar-refractivity contribution >= 4 is 16.9 Å². The molecule has 5 nitrogen and oxygen atoms in total. The van der Waals surface area contributed by atoms with Crippen LogP contribution in [0.15, 0.2) is 59.0 Å². The van der Waals surface area contributed by atoms with Gasteiger partial charge in [0.05, 0.1) is 0 Å². The lowest BCUT2D eigenvalue weighted by Crippen LogP contribution is -2.25. The van der Waals surface area contributed by atoms with Crippen LogP contribution < -0.4 is 10.1 Å². The van der Waals surface area contributed by atoms with E-state index in [0.717, 1.165) is 17.5 Å². The minimum Gasteiger partial charge on any atom is -0.458 e. The Hall–Kier alpha value is -3.00. The molecule has 0 unspecified atom stereocenters. The van der Waals surface area contributed by atoms with Gasteiger partial charge in [0.25, 0.3) is 5.91 Å². The van der Waals surface area contributed by atoms with Gasteiger partial charge >= 0.3 is 6.36 Å². The summed E-state index contributed by atoms with van der Waals surface area (Å²) in [4.78, 5) is 12.0. The molecule has 0 aliphatic carbocycles. The van der Waals surface area contributed by atoms with Crippen LogP contribution in [0.5, 0.6) is 5.75 Å². The smallest absolute Gasteiger partial charge is 0.458 e. The number of carbonyl (C=O) groups is 1. The normalized spacial score (nSPS) is 12.7. The van der Waals surface area contributed by atoms with Crippen molar-refractivity contribution < 1.29 is 32.2 Å². The summed E-state index contributed by atoms with van der Waals surface area (Å²) in [6.07, 6.45) is -5.45. The Morgan fingerprint density at radius 1 is 1.15 bits per heavy atom. The van der Waals surface area contributed by atoms with Crippen LogP contribution >= 0.6 is 0 Å². The number of nitrogens with one attached hydrogen (secondary N) is 1. The maximum absolute atomic E-state index is 12.1. The number of halogens is 3. The first kappa shape index (κ1) is 18.8. The third kappa shape index (κ3) is 5.01. The van der Waals surface area contributed by atoms with Gasteiger partial charge in [0, 0.05) is 17.5 Å². The molecule has 1 atom stereocenters. The fourth-order valence-corrected chi connectivity index (χ4v) is 2.54. The first-order valence-electron chi connectivity index (χ1n) is 8.12. The lowest BCUT2D eigenvalue weighted by molar-refractivity contribution is -0.274. The number of ether oxygens (including phenoxy) is 1. The molecular formula is C19H16F3NO4. The van der Waals surface area contributed by atoms with Gasteiger partial charge in [-0.2, -0.15) is 0 Å². The summed E-state index contributed by atoms with van der Waals surface area (Å²) in [5, 5.41) is 13.7. The summed E-state index contributed by atoms with van der Waals surface area (Å²) in [6.45, 7) is 0.165. The Kier molecular flexibility index (Phi) is 5.36. The zero-order valence-electron chi connectivity index (χ0n) is 14.0. The van der Waals surface area contributed by atoms with Gasteiger partial charge in [0.15, 0.2) is 0 Å². The van der Waals surface area contributed by atoms with E-state index in [-0.39, 0.29) is 18.5 Å². The molecule has 0 saturated heterocycles. The number of hydrogen-bond acceptors (Lipinski definition) is 4. The molecule has 142 valence electrons. The number of rotatable bonds is 6. The average molecular weight is 379 g/mol. The molecule has 3 rings (SSSR count). The number of furan rings is 1. The zero-order chi connectivity index (χ0) is 19.4. The fraction of sp³-hybridized carbons (Fsp3) is 0.211. The molecule has 1 amide bonds. The van der Waals surface area contributed by atoms with Crippen molar-refractivity contribution in [2.75, 3.05) is 6.54 Å². The number of hydrogen-bond donors (Lipinski definition) is 2. The molecular weight excluding hydrogens is 363 g/mol. The second-order valence-corrected chi connectivity index (χ2v) is 5.82. The summed E-state index contributed by atoms with van der Waals surface area (Å²) in [6, 6.07) is 13.7. The highest BCUT2D eigenvalue weighted by Crippen LogP contribution is 2.25. The summed E-state index contributed by atoms with van der Waals surface area (Å²) in [7, 11) is 0. The molecule has 27 heavy (non-hydrogen) atoms. The molecule has 1 heterocycles. The SMILES string of the molecule is O=C(NCC[C@@H](O)c1cc2ccccc2o1)c1ccc(OC(F)(F)F)cc1. The Morgan fingerprint density at radius 2 is 1.85 bits per heavy atom. The molecule has 0 saturated carbocycles. The van der Waals surface area contributed by atoms with Crippen molar-refractivity contribution in [1.29, 1.82) is 0 Å². The van der Waals surface area contributed by atoms with Crippen molar-refractivity contribution in [1.82, 2.24) is 5.32 Å². The van der Waals surface area contributed by atoms with E-state index in [1.165, 1.54) is 12.1 Å². The van der Waals surface area contributed by atoms with Gasteiger partial charge in [0.2, 0.25) is 0 Å². The Labute approximate surface area is 152 Å². The van der Waals surface area contributed by atoms with E-state index in [9.17, 15) is 23.1 Å². The molecule has 3 aromatic rings. The molecule has 0 aliphatic rings. The van der Waals surface area contributed by atoms with E-state index in [1.807, 2.05) is 18.2 Å². The number of alkyl halides is 3. The number of benzene rings is 2. The quantitative estimate of drug-likeness (QED) is 0.674. The summed E-state index contributed by atoms with van der Waals surface area (Å²) in [5.74, 6) is -0.469. The van der Waals surface area contributed by atoms with Crippen LogP contribution in [0.1, 0.15) is 28.6 Å². The van der Waals surface area contributed by atoms with E-state index in [2.05, 4.69) is 10.1 Å². The molecule has 1 aromatic heterocycles. The van der Waals surface area contributed by atoms with Gasteiger partial charge in [-0.25, -0.2) is 0 Å². The summed E-state index contributed by atoms with van der Waals surface area (Å²) < 4.78 is 45.7. The number of para-hydroxylation sites is 1. The van der Waals surface area contributed by atoms with Gasteiger partial charge in [-0.15, -0.1) is 13.2 Å². The summed E-state index contributed by atoms with van der Waals surface area (Å²) >= 11 is 0. The average Bonchev–Trinajstić information content (AvgIpc) is 3.05. The van der Waals surface area contributed by atoms with Gasteiger partial charge in [-0.1, -0.05) is 18.2 Å². The van der Waals surface area contributed by atoms with Crippen molar-refractivity contribution in [3.63, 3.8) is 0 Å². The van der Waals surface area contributed by atoms with E-state index < -0.39 is 24.1 Å². The third-order valence-electron chi connectivity index (χ3n) is 3.83. The van der Waals surface area contributed by atoms with Crippen LogP contribution in [0, 0.1) is 0 Å². The molecule has 0 fully saturated rings. The predicted octanol–water partition coefficient (Wildman–Crippen LogP) is 4.18. The lowest BCUT2D eigenvalue weighted by Gasteiger charge is -2.10. The molecule has 2 N–H and O–H groups in total. The van der Waals surface area contributed by atoms with Gasteiger partial charge < -0.3 is 19.6 Å². The Bertz CT molecular complexity index is 886. The maximum Gasteiger partial charge on any atom is 0.573 e. The second-order valence-electron chi connectivity index (χ2n) is 5.82. The highest BCUT2D eigenvalue weighted by atomic mass is 19.4. The van der Waals surface area contributed by atoms with Crippen LogP contribution in [-0.2, 0) is 0 Å². The second kappa shape index (κ2) is 7.71. The van der Waals surface area contributed by atoms with Crippen LogP contribution in [0.2, 0.25) is 0 Å². The van der Waals surface area contributed by atoms with Crippen LogP contribution in [0.25, 0.3) is 11.0 Å². The largest absolute Gasteiger partial charge is 0.573 e. The molecule has 0 aliphatic heterocycles. The zero-order valence-corrected chi connectivity index (χ0v) is 14.0. The molecule has 2 aromatic carbocycles.